The molecule has 0 aliphatic carbocycles. The van der Waals surface area contributed by atoms with E-state index in [2.05, 4.69) is 28.7 Å². The average Bonchev–Trinajstić information content (AvgIpc) is 2.86. The second kappa shape index (κ2) is 5.82. The van der Waals surface area contributed by atoms with Gasteiger partial charge in [0.05, 0.1) is 5.92 Å². The standard InChI is InChI=1S/C13H21N3OS/c1-9-2-3-10(13(15)17)7-16(9)12(6-14)11-4-5-18-8-11/h4-5,8-10,12H,2-3,6-7,14H2,1H3,(H2,15,17). The zero-order valence-electron chi connectivity index (χ0n) is 10.7. The van der Waals surface area contributed by atoms with Crippen LogP contribution in [-0.4, -0.2) is 29.9 Å². The first kappa shape index (κ1) is 13.5. The Bertz CT molecular complexity index is 393. The van der Waals surface area contributed by atoms with E-state index >= 15 is 0 Å². The quantitative estimate of drug-likeness (QED) is 0.864. The van der Waals surface area contributed by atoms with Crippen molar-refractivity contribution in [1.82, 2.24) is 4.90 Å². The molecule has 0 spiro atoms. The third-order valence-corrected chi connectivity index (χ3v) is 4.59. The number of likely N-dealkylation sites (tertiary alicyclic amines) is 1. The van der Waals surface area contributed by atoms with Gasteiger partial charge in [0.2, 0.25) is 5.91 Å². The maximum Gasteiger partial charge on any atom is 0.221 e. The molecule has 0 radical (unpaired) electrons. The summed E-state index contributed by atoms with van der Waals surface area (Å²) in [5.74, 6) is -0.220. The van der Waals surface area contributed by atoms with Crippen LogP contribution in [0, 0.1) is 5.92 Å². The molecular weight excluding hydrogens is 246 g/mol. The van der Waals surface area contributed by atoms with Gasteiger partial charge in [0, 0.05) is 25.2 Å². The molecule has 1 aliphatic heterocycles. The number of nitrogens with zero attached hydrogens (tertiary/aromatic N) is 1. The molecule has 3 atom stereocenters. The smallest absolute Gasteiger partial charge is 0.221 e. The molecule has 1 aromatic rings. The Morgan fingerprint density at radius 1 is 1.61 bits per heavy atom. The van der Waals surface area contributed by atoms with Gasteiger partial charge in [-0.1, -0.05) is 0 Å². The van der Waals surface area contributed by atoms with E-state index in [1.807, 2.05) is 0 Å². The summed E-state index contributed by atoms with van der Waals surface area (Å²) in [5.41, 5.74) is 12.6. The predicted molar refractivity (Wildman–Crippen MR) is 74.2 cm³/mol. The van der Waals surface area contributed by atoms with Gasteiger partial charge < -0.3 is 11.5 Å². The molecule has 1 fully saturated rings. The molecule has 100 valence electrons. The van der Waals surface area contributed by atoms with Gasteiger partial charge in [0.15, 0.2) is 0 Å². The maximum atomic E-state index is 11.4. The van der Waals surface area contributed by atoms with Gasteiger partial charge in [-0.3, -0.25) is 9.69 Å². The third-order valence-electron chi connectivity index (χ3n) is 3.88. The lowest BCUT2D eigenvalue weighted by atomic mass is 9.90. The van der Waals surface area contributed by atoms with Crippen LogP contribution in [-0.2, 0) is 4.79 Å². The van der Waals surface area contributed by atoms with E-state index in [-0.39, 0.29) is 17.9 Å². The van der Waals surface area contributed by atoms with Crippen molar-refractivity contribution in [3.63, 3.8) is 0 Å². The van der Waals surface area contributed by atoms with Crippen LogP contribution < -0.4 is 11.5 Å². The molecule has 0 saturated carbocycles. The molecule has 2 heterocycles. The summed E-state index contributed by atoms with van der Waals surface area (Å²) >= 11 is 1.68. The number of rotatable bonds is 4. The van der Waals surface area contributed by atoms with Crippen molar-refractivity contribution >= 4 is 17.2 Å². The molecule has 1 aliphatic rings. The highest BCUT2D eigenvalue weighted by molar-refractivity contribution is 7.07. The van der Waals surface area contributed by atoms with Crippen LogP contribution >= 0.6 is 11.3 Å². The van der Waals surface area contributed by atoms with Gasteiger partial charge in [-0.25, -0.2) is 0 Å². The Labute approximate surface area is 112 Å². The van der Waals surface area contributed by atoms with Gasteiger partial charge in [0.25, 0.3) is 0 Å². The number of piperidine rings is 1. The minimum absolute atomic E-state index is 0.0334. The van der Waals surface area contributed by atoms with E-state index in [9.17, 15) is 4.79 Å². The van der Waals surface area contributed by atoms with Gasteiger partial charge in [-0.2, -0.15) is 11.3 Å². The average molecular weight is 267 g/mol. The second-order valence-corrected chi connectivity index (χ2v) is 5.81. The fourth-order valence-electron chi connectivity index (χ4n) is 2.73. The number of nitrogens with two attached hydrogens (primary N) is 2. The van der Waals surface area contributed by atoms with Gasteiger partial charge in [0.1, 0.15) is 0 Å². The zero-order valence-corrected chi connectivity index (χ0v) is 11.5. The van der Waals surface area contributed by atoms with Gasteiger partial charge in [-0.05, 0) is 42.2 Å². The van der Waals surface area contributed by atoms with Crippen molar-refractivity contribution in [3.05, 3.63) is 22.4 Å². The maximum absolute atomic E-state index is 11.4. The Kier molecular flexibility index (Phi) is 4.37. The lowest BCUT2D eigenvalue weighted by Gasteiger charge is -2.41. The molecule has 1 aromatic heterocycles. The highest BCUT2D eigenvalue weighted by atomic mass is 32.1. The summed E-state index contributed by atoms with van der Waals surface area (Å²) < 4.78 is 0. The summed E-state index contributed by atoms with van der Waals surface area (Å²) in [6.07, 6.45) is 1.90. The molecule has 18 heavy (non-hydrogen) atoms. The summed E-state index contributed by atoms with van der Waals surface area (Å²) in [5, 5.41) is 4.20. The predicted octanol–water partition coefficient (Wildman–Crippen LogP) is 1.33. The minimum Gasteiger partial charge on any atom is -0.369 e. The number of hydrogen-bond donors (Lipinski definition) is 2. The molecule has 4 nitrogen and oxygen atoms in total. The van der Waals surface area contributed by atoms with Crippen molar-refractivity contribution in [1.29, 1.82) is 0 Å². The number of amides is 1. The molecule has 5 heteroatoms. The van der Waals surface area contributed by atoms with Crippen LogP contribution in [0.15, 0.2) is 16.8 Å². The van der Waals surface area contributed by atoms with Crippen LogP contribution in [0.4, 0.5) is 0 Å². The lowest BCUT2D eigenvalue weighted by molar-refractivity contribution is -0.124. The van der Waals surface area contributed by atoms with E-state index in [0.29, 0.717) is 12.6 Å². The first-order chi connectivity index (χ1) is 8.63. The van der Waals surface area contributed by atoms with Crippen molar-refractivity contribution in [2.45, 2.75) is 31.8 Å². The highest BCUT2D eigenvalue weighted by Crippen LogP contribution is 2.31. The highest BCUT2D eigenvalue weighted by Gasteiger charge is 2.33. The van der Waals surface area contributed by atoms with Gasteiger partial charge in [-0.15, -0.1) is 0 Å². The van der Waals surface area contributed by atoms with E-state index in [4.69, 9.17) is 11.5 Å². The third kappa shape index (κ3) is 2.74. The summed E-state index contributed by atoms with van der Waals surface area (Å²) in [6, 6.07) is 2.77. The van der Waals surface area contributed by atoms with Crippen LogP contribution in [0.1, 0.15) is 31.4 Å². The van der Waals surface area contributed by atoms with Crippen LogP contribution in [0.3, 0.4) is 0 Å². The minimum atomic E-state index is -0.187. The van der Waals surface area contributed by atoms with Crippen LogP contribution in [0.5, 0.6) is 0 Å². The van der Waals surface area contributed by atoms with Crippen molar-refractivity contribution in [2.24, 2.45) is 17.4 Å². The van der Waals surface area contributed by atoms with Crippen molar-refractivity contribution in [3.8, 4) is 0 Å². The van der Waals surface area contributed by atoms with E-state index in [1.165, 1.54) is 5.56 Å². The molecule has 3 unspecified atom stereocenters. The molecule has 0 aromatic carbocycles. The molecule has 0 bridgehead atoms. The van der Waals surface area contributed by atoms with E-state index < -0.39 is 0 Å². The zero-order chi connectivity index (χ0) is 13.1. The molecule has 1 saturated heterocycles. The summed E-state index contributed by atoms with van der Waals surface area (Å²) in [6.45, 7) is 3.51. The largest absolute Gasteiger partial charge is 0.369 e. The molecular formula is C13H21N3OS. The van der Waals surface area contributed by atoms with Crippen molar-refractivity contribution < 1.29 is 4.79 Å². The van der Waals surface area contributed by atoms with Crippen LogP contribution in [0.2, 0.25) is 0 Å². The fraction of sp³-hybridized carbons (Fsp3) is 0.615. The Morgan fingerprint density at radius 2 is 2.39 bits per heavy atom. The normalized spacial score (nSPS) is 27.0. The molecule has 1 amide bonds. The van der Waals surface area contributed by atoms with Crippen molar-refractivity contribution in [2.75, 3.05) is 13.1 Å². The Hall–Kier alpha value is -0.910. The van der Waals surface area contributed by atoms with E-state index in [1.54, 1.807) is 11.3 Å². The van der Waals surface area contributed by atoms with E-state index in [0.717, 1.165) is 19.4 Å². The Balaban J connectivity index is 2.15. The number of thiophene rings is 1. The number of carbonyl (C=O) groups is 1. The number of hydrogen-bond acceptors (Lipinski definition) is 4. The Morgan fingerprint density at radius 3 is 2.94 bits per heavy atom. The lowest BCUT2D eigenvalue weighted by Crippen LogP contribution is -2.48. The van der Waals surface area contributed by atoms with Crippen LogP contribution in [0.25, 0.3) is 0 Å². The summed E-state index contributed by atoms with van der Waals surface area (Å²) in [7, 11) is 0. The van der Waals surface area contributed by atoms with Gasteiger partial charge >= 0.3 is 0 Å². The number of carbonyl (C=O) groups excluding carboxylic acids is 1. The first-order valence-electron chi connectivity index (χ1n) is 6.40. The molecule has 4 N–H and O–H groups in total. The fourth-order valence-corrected chi connectivity index (χ4v) is 3.44. The second-order valence-electron chi connectivity index (χ2n) is 5.03. The SMILES string of the molecule is CC1CCC(C(N)=O)CN1C(CN)c1ccsc1. The monoisotopic (exact) mass is 267 g/mol. The topological polar surface area (TPSA) is 72.4 Å². The molecule has 2 rings (SSSR count). The first-order valence-corrected chi connectivity index (χ1v) is 7.35. The number of primary amides is 1. The summed E-state index contributed by atoms with van der Waals surface area (Å²) in [4.78, 5) is 13.7.